The molecule has 0 radical (unpaired) electrons. The van der Waals surface area contributed by atoms with Crippen LogP contribution in [0, 0.1) is 0 Å². The van der Waals surface area contributed by atoms with Gasteiger partial charge in [-0.2, -0.15) is 0 Å². The lowest BCUT2D eigenvalue weighted by Gasteiger charge is -2.39. The lowest BCUT2D eigenvalue weighted by molar-refractivity contribution is -0.0917. The van der Waals surface area contributed by atoms with E-state index >= 15 is 0 Å². The Hall–Kier alpha value is -0.160. The lowest BCUT2D eigenvalue weighted by atomic mass is 9.89. The second-order valence-electron chi connectivity index (χ2n) is 6.03. The highest BCUT2D eigenvalue weighted by molar-refractivity contribution is 4.94. The van der Waals surface area contributed by atoms with Gasteiger partial charge in [-0.3, -0.25) is 0 Å². The maximum Gasteiger partial charge on any atom is 0.0951 e. The summed E-state index contributed by atoms with van der Waals surface area (Å²) in [5.74, 6) is 0. The Kier molecular flexibility index (Phi) is 3.89. The molecular formula is C14H25NO3. The van der Waals surface area contributed by atoms with Crippen molar-refractivity contribution in [3.05, 3.63) is 0 Å². The molecule has 3 rings (SSSR count). The van der Waals surface area contributed by atoms with Gasteiger partial charge in [-0.1, -0.05) is 0 Å². The standard InChI is InChI=1S/C14H25NO3/c1-11(13-3-2-6-17-13)15-12-4-7-18-14(9-12)5-8-16-10-14/h11-13,15H,2-10H2,1H3. The smallest absolute Gasteiger partial charge is 0.0951 e. The number of ether oxygens (including phenoxy) is 3. The van der Waals surface area contributed by atoms with Gasteiger partial charge in [-0.15, -0.1) is 0 Å². The fourth-order valence-corrected chi connectivity index (χ4v) is 3.51. The minimum atomic E-state index is 0.00612. The molecule has 1 spiro atoms. The van der Waals surface area contributed by atoms with Crippen LogP contribution in [0.2, 0.25) is 0 Å². The third-order valence-corrected chi connectivity index (χ3v) is 4.58. The monoisotopic (exact) mass is 255 g/mol. The van der Waals surface area contributed by atoms with Crippen LogP contribution in [-0.2, 0) is 14.2 Å². The largest absolute Gasteiger partial charge is 0.378 e. The third-order valence-electron chi connectivity index (χ3n) is 4.58. The maximum atomic E-state index is 5.97. The Bertz CT molecular complexity index is 272. The fourth-order valence-electron chi connectivity index (χ4n) is 3.51. The van der Waals surface area contributed by atoms with E-state index in [1.807, 2.05) is 0 Å². The zero-order chi connectivity index (χ0) is 12.4. The second-order valence-corrected chi connectivity index (χ2v) is 6.03. The zero-order valence-corrected chi connectivity index (χ0v) is 11.3. The molecule has 3 saturated heterocycles. The van der Waals surface area contributed by atoms with Crippen molar-refractivity contribution in [2.45, 2.75) is 62.8 Å². The van der Waals surface area contributed by atoms with Gasteiger partial charge in [0.15, 0.2) is 0 Å². The van der Waals surface area contributed by atoms with E-state index in [9.17, 15) is 0 Å². The van der Waals surface area contributed by atoms with Crippen molar-refractivity contribution in [1.82, 2.24) is 5.32 Å². The van der Waals surface area contributed by atoms with E-state index in [4.69, 9.17) is 14.2 Å². The van der Waals surface area contributed by atoms with Gasteiger partial charge in [0, 0.05) is 38.3 Å². The molecule has 3 aliphatic heterocycles. The first-order valence-corrected chi connectivity index (χ1v) is 7.37. The normalized spacial score (nSPS) is 42.5. The minimum absolute atomic E-state index is 0.00612. The summed E-state index contributed by atoms with van der Waals surface area (Å²) in [7, 11) is 0. The van der Waals surface area contributed by atoms with Crippen LogP contribution >= 0.6 is 0 Å². The molecule has 0 aromatic carbocycles. The molecule has 4 atom stereocenters. The van der Waals surface area contributed by atoms with Gasteiger partial charge in [0.2, 0.25) is 0 Å². The topological polar surface area (TPSA) is 39.7 Å². The van der Waals surface area contributed by atoms with E-state index in [0.29, 0.717) is 18.2 Å². The highest BCUT2D eigenvalue weighted by atomic mass is 16.6. The van der Waals surface area contributed by atoms with Crippen LogP contribution in [0.1, 0.15) is 39.0 Å². The molecule has 0 aromatic heterocycles. The summed E-state index contributed by atoms with van der Waals surface area (Å²) in [5.41, 5.74) is 0.00612. The van der Waals surface area contributed by atoms with Gasteiger partial charge in [-0.05, 0) is 32.6 Å². The van der Waals surface area contributed by atoms with Crippen LogP contribution in [-0.4, -0.2) is 50.2 Å². The molecule has 18 heavy (non-hydrogen) atoms. The summed E-state index contributed by atoms with van der Waals surface area (Å²) in [6.45, 7) is 5.68. The molecule has 0 bridgehead atoms. The van der Waals surface area contributed by atoms with Crippen LogP contribution in [0.25, 0.3) is 0 Å². The van der Waals surface area contributed by atoms with Crippen LogP contribution in [0.4, 0.5) is 0 Å². The van der Waals surface area contributed by atoms with Crippen molar-refractivity contribution in [3.63, 3.8) is 0 Å². The van der Waals surface area contributed by atoms with Gasteiger partial charge in [-0.25, -0.2) is 0 Å². The van der Waals surface area contributed by atoms with E-state index in [1.165, 1.54) is 12.8 Å². The number of hydrogen-bond acceptors (Lipinski definition) is 4. The van der Waals surface area contributed by atoms with Gasteiger partial charge >= 0.3 is 0 Å². The first kappa shape index (κ1) is 12.9. The Morgan fingerprint density at radius 1 is 1.22 bits per heavy atom. The molecule has 4 nitrogen and oxygen atoms in total. The average molecular weight is 255 g/mol. The van der Waals surface area contributed by atoms with Crippen molar-refractivity contribution in [3.8, 4) is 0 Å². The first-order chi connectivity index (χ1) is 8.77. The highest BCUT2D eigenvalue weighted by Gasteiger charge is 2.41. The number of hydrogen-bond donors (Lipinski definition) is 1. The van der Waals surface area contributed by atoms with Crippen molar-refractivity contribution in [1.29, 1.82) is 0 Å². The minimum Gasteiger partial charge on any atom is -0.378 e. The Balaban J connectivity index is 1.52. The highest BCUT2D eigenvalue weighted by Crippen LogP contribution is 2.33. The number of rotatable bonds is 3. The second kappa shape index (κ2) is 5.45. The predicted octanol–water partition coefficient (Wildman–Crippen LogP) is 1.48. The predicted molar refractivity (Wildman–Crippen MR) is 68.7 cm³/mol. The molecule has 3 heterocycles. The van der Waals surface area contributed by atoms with E-state index < -0.39 is 0 Å². The van der Waals surface area contributed by atoms with Crippen molar-refractivity contribution in [2.24, 2.45) is 0 Å². The Morgan fingerprint density at radius 3 is 2.89 bits per heavy atom. The molecule has 0 amide bonds. The molecule has 0 saturated carbocycles. The van der Waals surface area contributed by atoms with Gasteiger partial charge in [0.05, 0.1) is 18.3 Å². The lowest BCUT2D eigenvalue weighted by Crippen LogP contribution is -2.51. The van der Waals surface area contributed by atoms with E-state index in [-0.39, 0.29) is 5.60 Å². The van der Waals surface area contributed by atoms with Crippen LogP contribution < -0.4 is 5.32 Å². The maximum absolute atomic E-state index is 5.97. The van der Waals surface area contributed by atoms with Gasteiger partial charge in [0.25, 0.3) is 0 Å². The third kappa shape index (κ3) is 2.72. The summed E-state index contributed by atoms with van der Waals surface area (Å²) in [4.78, 5) is 0. The molecule has 3 aliphatic rings. The summed E-state index contributed by atoms with van der Waals surface area (Å²) in [6.07, 6.45) is 6.07. The van der Waals surface area contributed by atoms with Crippen LogP contribution in [0.5, 0.6) is 0 Å². The van der Waals surface area contributed by atoms with E-state index in [0.717, 1.165) is 45.7 Å². The van der Waals surface area contributed by atoms with E-state index in [2.05, 4.69) is 12.2 Å². The summed E-state index contributed by atoms with van der Waals surface area (Å²) < 4.78 is 17.2. The van der Waals surface area contributed by atoms with Gasteiger partial charge < -0.3 is 19.5 Å². The molecule has 4 heteroatoms. The molecule has 104 valence electrons. The molecule has 4 unspecified atom stereocenters. The van der Waals surface area contributed by atoms with Crippen molar-refractivity contribution < 1.29 is 14.2 Å². The van der Waals surface area contributed by atoms with Crippen molar-refractivity contribution >= 4 is 0 Å². The summed E-state index contributed by atoms with van der Waals surface area (Å²) in [5, 5.41) is 3.75. The number of nitrogens with one attached hydrogen (secondary N) is 1. The Labute approximate surface area is 109 Å². The molecule has 1 N–H and O–H groups in total. The fraction of sp³-hybridized carbons (Fsp3) is 1.00. The molecule has 3 fully saturated rings. The Morgan fingerprint density at radius 2 is 2.17 bits per heavy atom. The SMILES string of the molecule is CC(NC1CCOC2(CCOC2)C1)C1CCCO1. The van der Waals surface area contributed by atoms with Crippen LogP contribution in [0.15, 0.2) is 0 Å². The van der Waals surface area contributed by atoms with E-state index in [1.54, 1.807) is 0 Å². The quantitative estimate of drug-likeness (QED) is 0.829. The van der Waals surface area contributed by atoms with Gasteiger partial charge in [0.1, 0.15) is 0 Å². The summed E-state index contributed by atoms with van der Waals surface area (Å²) in [6, 6.07) is 1.01. The van der Waals surface area contributed by atoms with Crippen molar-refractivity contribution in [2.75, 3.05) is 26.4 Å². The average Bonchev–Trinajstić information content (AvgIpc) is 3.01. The summed E-state index contributed by atoms with van der Waals surface area (Å²) >= 11 is 0. The molecular weight excluding hydrogens is 230 g/mol. The molecule has 0 aromatic rings. The first-order valence-electron chi connectivity index (χ1n) is 7.37. The molecule has 0 aliphatic carbocycles. The van der Waals surface area contributed by atoms with Crippen LogP contribution in [0.3, 0.4) is 0 Å². The zero-order valence-electron chi connectivity index (χ0n) is 11.3.